The third kappa shape index (κ3) is 4.14. The molecule has 0 radical (unpaired) electrons. The highest BCUT2D eigenvalue weighted by Gasteiger charge is 2.30. The molecule has 0 aliphatic carbocycles. The number of hydrogen-bond acceptors (Lipinski definition) is 4. The molecule has 1 N–H and O–H groups in total. The number of carbonyl (C=O) groups is 1. The standard InChI is InChI=1S/C20H28N4O2/c1-15(2)16-4-6-17(7-5-16)19(20(25)26)24-12-10-23(11-13-24)14-18-21-8-9-22(18)3/h4-9,15,19H,10-14H2,1-3H3,(H,25,26). The second-order valence-corrected chi connectivity index (χ2v) is 7.33. The number of imidazole rings is 1. The summed E-state index contributed by atoms with van der Waals surface area (Å²) in [5.74, 6) is 0.708. The molecule has 1 unspecified atom stereocenters. The lowest BCUT2D eigenvalue weighted by Crippen LogP contribution is -2.49. The molecule has 3 rings (SSSR count). The van der Waals surface area contributed by atoms with Crippen molar-refractivity contribution in [3.05, 3.63) is 53.6 Å². The largest absolute Gasteiger partial charge is 0.480 e. The number of hydrogen-bond donors (Lipinski definition) is 1. The first-order chi connectivity index (χ1) is 12.5. The molecule has 2 aromatic rings. The smallest absolute Gasteiger partial charge is 0.325 e. The van der Waals surface area contributed by atoms with E-state index >= 15 is 0 Å². The van der Waals surface area contributed by atoms with Crippen LogP contribution in [0.5, 0.6) is 0 Å². The average Bonchev–Trinajstić information content (AvgIpc) is 3.01. The van der Waals surface area contributed by atoms with E-state index in [2.05, 4.69) is 28.6 Å². The minimum Gasteiger partial charge on any atom is -0.480 e. The van der Waals surface area contributed by atoms with Crippen LogP contribution in [-0.2, 0) is 18.4 Å². The monoisotopic (exact) mass is 356 g/mol. The number of carboxylic acid groups (broad SMARTS) is 1. The molecular formula is C20H28N4O2. The lowest BCUT2D eigenvalue weighted by Gasteiger charge is -2.37. The Morgan fingerprint density at radius 1 is 1.12 bits per heavy atom. The van der Waals surface area contributed by atoms with Crippen LogP contribution >= 0.6 is 0 Å². The lowest BCUT2D eigenvalue weighted by atomic mass is 9.98. The number of piperazine rings is 1. The van der Waals surface area contributed by atoms with Gasteiger partial charge in [0, 0.05) is 45.6 Å². The van der Waals surface area contributed by atoms with Crippen LogP contribution in [0, 0.1) is 0 Å². The van der Waals surface area contributed by atoms with Gasteiger partial charge in [-0.05, 0) is 17.0 Å². The zero-order valence-corrected chi connectivity index (χ0v) is 15.8. The van der Waals surface area contributed by atoms with E-state index in [0.717, 1.165) is 44.1 Å². The Bertz CT molecular complexity index is 731. The van der Waals surface area contributed by atoms with Gasteiger partial charge in [-0.2, -0.15) is 0 Å². The number of aliphatic carboxylic acids is 1. The molecular weight excluding hydrogens is 328 g/mol. The maximum absolute atomic E-state index is 11.9. The molecule has 2 heterocycles. The molecule has 140 valence electrons. The summed E-state index contributed by atoms with van der Waals surface area (Å²) < 4.78 is 2.03. The quantitative estimate of drug-likeness (QED) is 0.862. The van der Waals surface area contributed by atoms with Crippen molar-refractivity contribution in [1.82, 2.24) is 19.4 Å². The molecule has 0 spiro atoms. The van der Waals surface area contributed by atoms with E-state index < -0.39 is 12.0 Å². The van der Waals surface area contributed by atoms with Crippen molar-refractivity contribution in [2.75, 3.05) is 26.2 Å². The van der Waals surface area contributed by atoms with Crippen LogP contribution < -0.4 is 0 Å². The summed E-state index contributed by atoms with van der Waals surface area (Å²) in [6.07, 6.45) is 3.76. The van der Waals surface area contributed by atoms with Crippen LogP contribution in [0.2, 0.25) is 0 Å². The molecule has 6 nitrogen and oxygen atoms in total. The van der Waals surface area contributed by atoms with E-state index in [1.807, 2.05) is 48.3 Å². The van der Waals surface area contributed by atoms with Gasteiger partial charge in [-0.15, -0.1) is 0 Å². The van der Waals surface area contributed by atoms with Gasteiger partial charge in [-0.3, -0.25) is 14.6 Å². The Balaban J connectivity index is 1.65. The summed E-state index contributed by atoms with van der Waals surface area (Å²) in [5.41, 5.74) is 2.09. The first kappa shape index (κ1) is 18.6. The molecule has 1 atom stereocenters. The molecule has 0 amide bonds. The van der Waals surface area contributed by atoms with Gasteiger partial charge in [-0.1, -0.05) is 38.1 Å². The lowest BCUT2D eigenvalue weighted by molar-refractivity contribution is -0.144. The highest BCUT2D eigenvalue weighted by molar-refractivity contribution is 5.75. The van der Waals surface area contributed by atoms with E-state index in [4.69, 9.17) is 0 Å². The summed E-state index contributed by atoms with van der Waals surface area (Å²) in [4.78, 5) is 20.7. The van der Waals surface area contributed by atoms with Crippen molar-refractivity contribution in [1.29, 1.82) is 0 Å². The number of aryl methyl sites for hydroxylation is 1. The minimum atomic E-state index is -0.778. The summed E-state index contributed by atoms with van der Waals surface area (Å²) in [6, 6.07) is 7.45. The van der Waals surface area contributed by atoms with Crippen molar-refractivity contribution >= 4 is 5.97 Å². The number of rotatable bonds is 6. The van der Waals surface area contributed by atoms with E-state index in [9.17, 15) is 9.90 Å². The molecule has 1 aromatic heterocycles. The fourth-order valence-electron chi connectivity index (χ4n) is 3.50. The van der Waals surface area contributed by atoms with Crippen molar-refractivity contribution < 1.29 is 9.90 Å². The van der Waals surface area contributed by atoms with Crippen LogP contribution in [0.15, 0.2) is 36.7 Å². The second-order valence-electron chi connectivity index (χ2n) is 7.33. The zero-order valence-electron chi connectivity index (χ0n) is 15.8. The van der Waals surface area contributed by atoms with Crippen molar-refractivity contribution in [2.45, 2.75) is 32.4 Å². The van der Waals surface area contributed by atoms with E-state index in [1.165, 1.54) is 5.56 Å². The first-order valence-electron chi connectivity index (χ1n) is 9.21. The molecule has 1 aliphatic heterocycles. The Kier molecular flexibility index (Phi) is 5.74. The molecule has 6 heteroatoms. The van der Waals surface area contributed by atoms with Crippen LogP contribution in [-0.4, -0.2) is 56.6 Å². The molecule has 0 bridgehead atoms. The summed E-state index contributed by atoms with van der Waals surface area (Å²) in [5, 5.41) is 9.80. The highest BCUT2D eigenvalue weighted by Crippen LogP contribution is 2.25. The molecule has 1 aliphatic rings. The van der Waals surface area contributed by atoms with Crippen LogP contribution in [0.1, 0.15) is 42.8 Å². The zero-order chi connectivity index (χ0) is 18.7. The Morgan fingerprint density at radius 3 is 2.23 bits per heavy atom. The predicted molar refractivity (Wildman–Crippen MR) is 101 cm³/mol. The summed E-state index contributed by atoms with van der Waals surface area (Å²) in [7, 11) is 2.00. The van der Waals surface area contributed by atoms with E-state index in [-0.39, 0.29) is 0 Å². The van der Waals surface area contributed by atoms with Crippen LogP contribution in [0.4, 0.5) is 0 Å². The SMILES string of the molecule is CC(C)c1ccc(C(C(=O)O)N2CCN(Cc3nccn3C)CC2)cc1. The maximum Gasteiger partial charge on any atom is 0.325 e. The maximum atomic E-state index is 11.9. The minimum absolute atomic E-state index is 0.446. The number of benzene rings is 1. The first-order valence-corrected chi connectivity index (χ1v) is 9.21. The Hall–Kier alpha value is -2.18. The fraction of sp³-hybridized carbons (Fsp3) is 0.500. The van der Waals surface area contributed by atoms with Gasteiger partial charge in [0.05, 0.1) is 6.54 Å². The molecule has 1 fully saturated rings. The molecule has 1 aromatic carbocycles. The highest BCUT2D eigenvalue weighted by atomic mass is 16.4. The van der Waals surface area contributed by atoms with Gasteiger partial charge in [0.15, 0.2) is 0 Å². The third-order valence-corrected chi connectivity index (χ3v) is 5.21. The number of nitrogens with zero attached hydrogens (tertiary/aromatic N) is 4. The van der Waals surface area contributed by atoms with Gasteiger partial charge < -0.3 is 9.67 Å². The summed E-state index contributed by atoms with van der Waals surface area (Å²) in [6.45, 7) is 8.27. The van der Waals surface area contributed by atoms with E-state index in [0.29, 0.717) is 5.92 Å². The normalized spacial score (nSPS) is 17.5. The number of aromatic nitrogens is 2. The van der Waals surface area contributed by atoms with E-state index in [1.54, 1.807) is 0 Å². The van der Waals surface area contributed by atoms with Crippen LogP contribution in [0.3, 0.4) is 0 Å². The summed E-state index contributed by atoms with van der Waals surface area (Å²) >= 11 is 0. The van der Waals surface area contributed by atoms with Gasteiger partial charge in [0.2, 0.25) is 0 Å². The van der Waals surface area contributed by atoms with Crippen molar-refractivity contribution in [3.8, 4) is 0 Å². The second kappa shape index (κ2) is 8.01. The molecule has 26 heavy (non-hydrogen) atoms. The van der Waals surface area contributed by atoms with Crippen LogP contribution in [0.25, 0.3) is 0 Å². The topological polar surface area (TPSA) is 61.6 Å². The fourth-order valence-corrected chi connectivity index (χ4v) is 3.50. The van der Waals surface area contributed by atoms with Gasteiger partial charge in [-0.25, -0.2) is 4.98 Å². The molecule has 0 saturated carbocycles. The van der Waals surface area contributed by atoms with Gasteiger partial charge in [0.1, 0.15) is 11.9 Å². The Morgan fingerprint density at radius 2 is 1.73 bits per heavy atom. The van der Waals surface area contributed by atoms with Crippen molar-refractivity contribution in [3.63, 3.8) is 0 Å². The average molecular weight is 356 g/mol. The predicted octanol–water partition coefficient (Wildman–Crippen LogP) is 2.49. The Labute approximate surface area is 155 Å². The number of carboxylic acids is 1. The third-order valence-electron chi connectivity index (χ3n) is 5.21. The van der Waals surface area contributed by atoms with Gasteiger partial charge >= 0.3 is 5.97 Å². The van der Waals surface area contributed by atoms with Crippen molar-refractivity contribution in [2.24, 2.45) is 7.05 Å². The molecule has 1 saturated heterocycles. The van der Waals surface area contributed by atoms with Gasteiger partial charge in [0.25, 0.3) is 0 Å².